The maximum Gasteiger partial charge on any atom is 0.341 e. The molecule has 1 saturated carbocycles. The Bertz CT molecular complexity index is 1170. The van der Waals surface area contributed by atoms with E-state index in [4.69, 9.17) is 0 Å². The number of fused-ring (bicyclic) bond motifs is 1. The van der Waals surface area contributed by atoms with Crippen LogP contribution in [0.15, 0.2) is 35.3 Å². The summed E-state index contributed by atoms with van der Waals surface area (Å²) in [6.07, 6.45) is 4.30. The Morgan fingerprint density at radius 1 is 1.11 bits per heavy atom. The van der Waals surface area contributed by atoms with Crippen LogP contribution in [0.4, 0.5) is 13.2 Å². The molecule has 8 heteroatoms. The molecule has 3 aromatic rings. The summed E-state index contributed by atoms with van der Waals surface area (Å²) in [7, 11) is 0. The van der Waals surface area contributed by atoms with E-state index in [2.05, 4.69) is 4.98 Å². The van der Waals surface area contributed by atoms with Gasteiger partial charge >= 0.3 is 5.97 Å². The first-order valence-electron chi connectivity index (χ1n) is 8.81. The number of carboxylic acid groups (broad SMARTS) is 1. The highest BCUT2D eigenvalue weighted by Gasteiger charge is 2.25. The van der Waals surface area contributed by atoms with Crippen molar-refractivity contribution in [3.8, 4) is 5.69 Å². The first-order chi connectivity index (χ1) is 13.4. The molecule has 0 amide bonds. The van der Waals surface area contributed by atoms with Crippen molar-refractivity contribution >= 4 is 17.0 Å². The predicted octanol–water partition coefficient (Wildman–Crippen LogP) is 4.16. The molecular formula is C20H15F3N2O3. The zero-order chi connectivity index (χ0) is 20.0. The SMILES string of the molecule is O=C(O)c1cn(-c2ccc(F)cc2F)c2nc(C3CCCC3)c(F)cc2c1=O. The Hall–Kier alpha value is -3.16. The third-order valence-electron chi connectivity index (χ3n) is 5.10. The molecule has 0 spiro atoms. The molecule has 1 N–H and O–H groups in total. The lowest BCUT2D eigenvalue weighted by molar-refractivity contribution is 0.0695. The monoisotopic (exact) mass is 388 g/mol. The van der Waals surface area contributed by atoms with Gasteiger partial charge in [0.05, 0.1) is 16.8 Å². The van der Waals surface area contributed by atoms with Gasteiger partial charge in [-0.05, 0) is 31.0 Å². The van der Waals surface area contributed by atoms with Crippen LogP contribution in [0.3, 0.4) is 0 Å². The number of carbonyl (C=O) groups is 1. The zero-order valence-electron chi connectivity index (χ0n) is 14.6. The summed E-state index contributed by atoms with van der Waals surface area (Å²) in [6, 6.07) is 3.72. The van der Waals surface area contributed by atoms with E-state index in [1.807, 2.05) is 0 Å². The smallest absolute Gasteiger partial charge is 0.341 e. The minimum Gasteiger partial charge on any atom is -0.477 e. The van der Waals surface area contributed by atoms with Crippen LogP contribution in [-0.4, -0.2) is 20.6 Å². The molecule has 0 unspecified atom stereocenters. The summed E-state index contributed by atoms with van der Waals surface area (Å²) in [5, 5.41) is 9.05. The van der Waals surface area contributed by atoms with E-state index in [-0.39, 0.29) is 28.3 Å². The van der Waals surface area contributed by atoms with Crippen molar-refractivity contribution in [2.45, 2.75) is 31.6 Å². The Morgan fingerprint density at radius 2 is 1.82 bits per heavy atom. The van der Waals surface area contributed by atoms with Gasteiger partial charge in [-0.3, -0.25) is 9.36 Å². The highest BCUT2D eigenvalue weighted by molar-refractivity contribution is 5.92. The van der Waals surface area contributed by atoms with Gasteiger partial charge in [0.15, 0.2) is 0 Å². The van der Waals surface area contributed by atoms with Crippen LogP contribution in [0, 0.1) is 17.5 Å². The summed E-state index contributed by atoms with van der Waals surface area (Å²) in [5.74, 6) is -4.12. The maximum atomic E-state index is 14.7. The van der Waals surface area contributed by atoms with Crippen LogP contribution in [0.5, 0.6) is 0 Å². The number of rotatable bonds is 3. The lowest BCUT2D eigenvalue weighted by Gasteiger charge is -2.16. The number of pyridine rings is 2. The van der Waals surface area contributed by atoms with E-state index in [1.165, 1.54) is 0 Å². The third kappa shape index (κ3) is 2.94. The van der Waals surface area contributed by atoms with Crippen molar-refractivity contribution in [1.82, 2.24) is 9.55 Å². The number of hydrogen-bond donors (Lipinski definition) is 1. The van der Waals surface area contributed by atoms with Crippen molar-refractivity contribution in [3.63, 3.8) is 0 Å². The van der Waals surface area contributed by atoms with E-state index in [0.717, 1.165) is 54.6 Å². The molecule has 0 radical (unpaired) electrons. The minimum absolute atomic E-state index is 0.0659. The van der Waals surface area contributed by atoms with Gasteiger partial charge in [-0.1, -0.05) is 12.8 Å². The standard InChI is InChI=1S/C20H15F3N2O3/c21-11-5-6-16(14(22)7-11)25-9-13(20(27)28)18(26)12-8-15(23)17(24-19(12)25)10-3-1-2-4-10/h5-10H,1-4H2,(H,27,28). The Morgan fingerprint density at radius 3 is 2.46 bits per heavy atom. The topological polar surface area (TPSA) is 72.2 Å². The predicted molar refractivity (Wildman–Crippen MR) is 95.4 cm³/mol. The minimum atomic E-state index is -1.54. The van der Waals surface area contributed by atoms with Crippen molar-refractivity contribution in [2.24, 2.45) is 0 Å². The molecule has 2 aromatic heterocycles. The molecule has 0 aliphatic heterocycles. The molecule has 28 heavy (non-hydrogen) atoms. The highest BCUT2D eigenvalue weighted by atomic mass is 19.1. The summed E-state index contributed by atoms with van der Waals surface area (Å²) in [4.78, 5) is 28.3. The van der Waals surface area contributed by atoms with Gasteiger partial charge in [-0.2, -0.15) is 0 Å². The molecule has 4 rings (SSSR count). The quantitative estimate of drug-likeness (QED) is 0.731. The second-order valence-corrected chi connectivity index (χ2v) is 6.85. The lowest BCUT2D eigenvalue weighted by atomic mass is 10.0. The fourth-order valence-corrected chi connectivity index (χ4v) is 3.74. The number of aromatic carboxylic acids is 1. The number of benzene rings is 1. The molecule has 0 atom stereocenters. The first-order valence-corrected chi connectivity index (χ1v) is 8.81. The Kier molecular flexibility index (Phi) is 4.41. The van der Waals surface area contributed by atoms with E-state index >= 15 is 0 Å². The Labute approximate surface area is 157 Å². The van der Waals surface area contributed by atoms with Gasteiger partial charge in [-0.25, -0.2) is 22.9 Å². The fourth-order valence-electron chi connectivity index (χ4n) is 3.74. The normalized spacial score (nSPS) is 14.7. The van der Waals surface area contributed by atoms with E-state index < -0.39 is 34.4 Å². The van der Waals surface area contributed by atoms with Crippen LogP contribution in [-0.2, 0) is 0 Å². The number of nitrogens with zero attached hydrogens (tertiary/aromatic N) is 2. The van der Waals surface area contributed by atoms with Gasteiger partial charge in [0.2, 0.25) is 5.43 Å². The number of aromatic nitrogens is 2. The van der Waals surface area contributed by atoms with Crippen LogP contribution >= 0.6 is 0 Å². The third-order valence-corrected chi connectivity index (χ3v) is 5.10. The van der Waals surface area contributed by atoms with E-state index in [1.54, 1.807) is 0 Å². The maximum absolute atomic E-state index is 14.7. The van der Waals surface area contributed by atoms with E-state index in [0.29, 0.717) is 6.07 Å². The average Bonchev–Trinajstić information content (AvgIpc) is 3.17. The molecule has 144 valence electrons. The number of halogens is 3. The lowest BCUT2D eigenvalue weighted by Crippen LogP contribution is -2.20. The largest absolute Gasteiger partial charge is 0.477 e. The van der Waals surface area contributed by atoms with Crippen LogP contribution in [0.1, 0.15) is 47.7 Å². The molecule has 1 aliphatic rings. The fraction of sp³-hybridized carbons (Fsp3) is 0.250. The zero-order valence-corrected chi connectivity index (χ0v) is 14.6. The van der Waals surface area contributed by atoms with Gasteiger partial charge < -0.3 is 5.11 Å². The number of hydrogen-bond acceptors (Lipinski definition) is 3. The number of carboxylic acids is 1. The van der Waals surface area contributed by atoms with Crippen LogP contribution in [0.2, 0.25) is 0 Å². The second kappa shape index (κ2) is 6.78. The first kappa shape index (κ1) is 18.2. The molecule has 2 heterocycles. The van der Waals surface area contributed by atoms with Crippen LogP contribution in [0.25, 0.3) is 16.7 Å². The van der Waals surface area contributed by atoms with E-state index in [9.17, 15) is 27.9 Å². The van der Waals surface area contributed by atoms with Gasteiger partial charge in [0.1, 0.15) is 28.7 Å². The van der Waals surface area contributed by atoms with Crippen molar-refractivity contribution in [1.29, 1.82) is 0 Å². The summed E-state index contributed by atoms with van der Waals surface area (Å²) in [6.45, 7) is 0. The average molecular weight is 388 g/mol. The molecule has 0 saturated heterocycles. The molecule has 1 fully saturated rings. The summed E-state index contributed by atoms with van der Waals surface area (Å²) < 4.78 is 43.4. The van der Waals surface area contributed by atoms with Gasteiger partial charge in [0, 0.05) is 18.2 Å². The molecule has 5 nitrogen and oxygen atoms in total. The summed E-state index contributed by atoms with van der Waals surface area (Å²) >= 11 is 0. The van der Waals surface area contributed by atoms with Crippen molar-refractivity contribution in [3.05, 3.63) is 69.4 Å². The molecule has 1 aliphatic carbocycles. The van der Waals surface area contributed by atoms with Crippen LogP contribution < -0.4 is 5.43 Å². The van der Waals surface area contributed by atoms with Crippen molar-refractivity contribution < 1.29 is 23.1 Å². The van der Waals surface area contributed by atoms with Gasteiger partial charge in [0.25, 0.3) is 0 Å². The molecule has 1 aromatic carbocycles. The highest BCUT2D eigenvalue weighted by Crippen LogP contribution is 2.35. The summed E-state index contributed by atoms with van der Waals surface area (Å²) in [5.41, 5.74) is -1.66. The second-order valence-electron chi connectivity index (χ2n) is 6.85. The Balaban J connectivity index is 2.08. The van der Waals surface area contributed by atoms with Gasteiger partial charge in [-0.15, -0.1) is 0 Å². The molecule has 0 bridgehead atoms. The molecular weight excluding hydrogens is 373 g/mol. The van der Waals surface area contributed by atoms with Crippen molar-refractivity contribution in [2.75, 3.05) is 0 Å².